The highest BCUT2D eigenvalue weighted by atomic mass is 31.2. The van der Waals surface area contributed by atoms with Crippen LogP contribution in [0.25, 0.3) is 10.8 Å². The fraction of sp³-hybridized carbons (Fsp3) is 0.200. The average Bonchev–Trinajstić information content (AvgIpc) is 2.72. The van der Waals surface area contributed by atoms with Gasteiger partial charge in [0.25, 0.3) is 0 Å². The predicted molar refractivity (Wildman–Crippen MR) is 57.5 cm³/mol. The second kappa shape index (κ2) is 3.81. The van der Waals surface area contributed by atoms with Crippen molar-refractivity contribution >= 4 is 23.9 Å². The Morgan fingerprint density at radius 1 is 1.20 bits per heavy atom. The van der Waals surface area contributed by atoms with Crippen LogP contribution in [-0.4, -0.2) is 14.2 Å². The number of benzene rings is 1. The van der Waals surface area contributed by atoms with Gasteiger partial charge in [0.1, 0.15) is 0 Å². The Hall–Kier alpha value is -1.09. The van der Waals surface area contributed by atoms with Gasteiger partial charge in [-0.2, -0.15) is 0 Å². The third kappa shape index (κ3) is 1.61. The summed E-state index contributed by atoms with van der Waals surface area (Å²) in [7, 11) is -0.628. The highest BCUT2D eigenvalue weighted by Gasteiger charge is 2.30. The van der Waals surface area contributed by atoms with Crippen molar-refractivity contribution in [1.29, 1.82) is 0 Å². The van der Waals surface area contributed by atoms with Crippen LogP contribution in [0.15, 0.2) is 34.9 Å². The number of hydrogen-bond donors (Lipinski definition) is 0. The first-order valence-electron chi connectivity index (χ1n) is 4.39. The topological polar surface area (TPSA) is 48.7 Å². The third-order valence-electron chi connectivity index (χ3n) is 2.22. The van der Waals surface area contributed by atoms with Crippen LogP contribution < -0.4 is 5.50 Å². The molecular weight excluding hydrogens is 215 g/mol. The molecule has 1 aromatic carbocycles. The van der Waals surface area contributed by atoms with Crippen molar-refractivity contribution in [2.45, 2.75) is 0 Å². The van der Waals surface area contributed by atoms with Gasteiger partial charge in [-0.05, 0) is 0 Å². The predicted octanol–water partition coefficient (Wildman–Crippen LogP) is 2.54. The van der Waals surface area contributed by atoms with Crippen LogP contribution in [0.1, 0.15) is 0 Å². The van der Waals surface area contributed by atoms with Gasteiger partial charge in [-0.3, -0.25) is 4.57 Å². The summed E-state index contributed by atoms with van der Waals surface area (Å²) in [6, 6.07) is 7.42. The van der Waals surface area contributed by atoms with E-state index in [9.17, 15) is 4.57 Å². The van der Waals surface area contributed by atoms with Crippen molar-refractivity contribution in [2.75, 3.05) is 14.2 Å². The molecule has 1 heterocycles. The SMILES string of the molecule is COP(=O)(OC)c1occ2ccccc12. The van der Waals surface area contributed by atoms with E-state index in [4.69, 9.17) is 13.5 Å². The minimum absolute atomic E-state index is 0.253. The van der Waals surface area contributed by atoms with E-state index in [-0.39, 0.29) is 5.50 Å². The molecule has 4 nitrogen and oxygen atoms in total. The molecule has 0 radical (unpaired) electrons. The number of rotatable bonds is 3. The standard InChI is InChI=1S/C10H11O4P/c1-12-15(11,13-2)10-9-6-4-3-5-8(9)7-14-10/h3-7H,1-2H3. The molecule has 0 bridgehead atoms. The summed E-state index contributed by atoms with van der Waals surface area (Å²) in [5.41, 5.74) is 0.253. The highest BCUT2D eigenvalue weighted by Crippen LogP contribution is 2.47. The molecule has 0 unspecified atom stereocenters. The lowest BCUT2D eigenvalue weighted by Crippen LogP contribution is -2.05. The van der Waals surface area contributed by atoms with Gasteiger partial charge in [0.15, 0.2) is 0 Å². The summed E-state index contributed by atoms with van der Waals surface area (Å²) < 4.78 is 27.1. The molecule has 0 aliphatic rings. The largest absolute Gasteiger partial charge is 0.455 e. The summed E-state index contributed by atoms with van der Waals surface area (Å²) in [4.78, 5) is 0. The zero-order chi connectivity index (χ0) is 10.9. The minimum Gasteiger partial charge on any atom is -0.455 e. The Kier molecular flexibility index (Phi) is 2.65. The molecule has 0 saturated carbocycles. The quantitative estimate of drug-likeness (QED) is 0.754. The van der Waals surface area contributed by atoms with Gasteiger partial charge in [0, 0.05) is 25.0 Å². The van der Waals surface area contributed by atoms with Gasteiger partial charge >= 0.3 is 7.60 Å². The Bertz CT molecular complexity index is 509. The zero-order valence-corrected chi connectivity index (χ0v) is 9.36. The summed E-state index contributed by atoms with van der Waals surface area (Å²) in [6.07, 6.45) is 1.54. The van der Waals surface area contributed by atoms with Crippen LogP contribution in [0, 0.1) is 0 Å². The van der Waals surface area contributed by atoms with Crippen LogP contribution in [0.4, 0.5) is 0 Å². The molecule has 0 saturated heterocycles. The minimum atomic E-state index is -3.30. The van der Waals surface area contributed by atoms with Crippen LogP contribution in [0.2, 0.25) is 0 Å². The first-order chi connectivity index (χ1) is 7.21. The van der Waals surface area contributed by atoms with E-state index in [0.717, 1.165) is 10.8 Å². The lowest BCUT2D eigenvalue weighted by atomic mass is 10.2. The van der Waals surface area contributed by atoms with Crippen molar-refractivity contribution in [1.82, 2.24) is 0 Å². The van der Waals surface area contributed by atoms with Crippen molar-refractivity contribution in [3.05, 3.63) is 30.5 Å². The number of hydrogen-bond acceptors (Lipinski definition) is 4. The maximum atomic E-state index is 12.1. The molecule has 5 heteroatoms. The molecule has 0 aliphatic heterocycles. The molecular formula is C10H11O4P. The summed E-state index contributed by atoms with van der Waals surface area (Å²) >= 11 is 0. The highest BCUT2D eigenvalue weighted by molar-refractivity contribution is 7.62. The molecule has 0 spiro atoms. The van der Waals surface area contributed by atoms with E-state index in [1.807, 2.05) is 24.3 Å². The van der Waals surface area contributed by atoms with E-state index in [1.165, 1.54) is 20.5 Å². The lowest BCUT2D eigenvalue weighted by Gasteiger charge is -2.10. The van der Waals surface area contributed by atoms with E-state index in [0.29, 0.717) is 0 Å². The van der Waals surface area contributed by atoms with Crippen LogP contribution in [0.3, 0.4) is 0 Å². The lowest BCUT2D eigenvalue weighted by molar-refractivity contribution is 0.281. The summed E-state index contributed by atoms with van der Waals surface area (Å²) in [5, 5.41) is 1.63. The van der Waals surface area contributed by atoms with E-state index < -0.39 is 7.60 Å². The molecule has 2 aromatic rings. The monoisotopic (exact) mass is 226 g/mol. The van der Waals surface area contributed by atoms with Crippen LogP contribution in [0.5, 0.6) is 0 Å². The molecule has 0 fully saturated rings. The van der Waals surface area contributed by atoms with E-state index in [2.05, 4.69) is 0 Å². The average molecular weight is 226 g/mol. The van der Waals surface area contributed by atoms with Gasteiger partial charge in [-0.25, -0.2) is 0 Å². The second-order valence-electron chi connectivity index (χ2n) is 2.99. The molecule has 0 N–H and O–H groups in total. The molecule has 80 valence electrons. The van der Waals surface area contributed by atoms with Gasteiger partial charge in [-0.1, -0.05) is 24.3 Å². The fourth-order valence-electron chi connectivity index (χ4n) is 1.43. The first-order valence-corrected chi connectivity index (χ1v) is 5.94. The van der Waals surface area contributed by atoms with Gasteiger partial charge < -0.3 is 13.5 Å². The maximum absolute atomic E-state index is 12.1. The Labute approximate surface area is 87.3 Å². The van der Waals surface area contributed by atoms with Crippen molar-refractivity contribution in [3.63, 3.8) is 0 Å². The molecule has 0 aliphatic carbocycles. The smallest absolute Gasteiger partial charge is 0.396 e. The number of fused-ring (bicyclic) bond motifs is 1. The van der Waals surface area contributed by atoms with Crippen molar-refractivity contribution < 1.29 is 18.0 Å². The molecule has 0 amide bonds. The Morgan fingerprint density at radius 3 is 2.53 bits per heavy atom. The normalized spacial score (nSPS) is 12.1. The van der Waals surface area contributed by atoms with Crippen LogP contribution in [-0.2, 0) is 13.6 Å². The first kappa shape index (κ1) is 10.4. The molecule has 15 heavy (non-hydrogen) atoms. The third-order valence-corrected chi connectivity index (χ3v) is 4.02. The van der Waals surface area contributed by atoms with E-state index in [1.54, 1.807) is 0 Å². The van der Waals surface area contributed by atoms with Crippen molar-refractivity contribution in [2.24, 2.45) is 0 Å². The van der Waals surface area contributed by atoms with Gasteiger partial charge in [0.2, 0.25) is 5.50 Å². The fourth-order valence-corrected chi connectivity index (χ4v) is 2.59. The van der Waals surface area contributed by atoms with E-state index >= 15 is 0 Å². The number of furan rings is 1. The molecule has 0 atom stereocenters. The second-order valence-corrected chi connectivity index (χ2v) is 5.12. The summed E-state index contributed by atoms with van der Waals surface area (Å²) in [5.74, 6) is 0. The Morgan fingerprint density at radius 2 is 1.87 bits per heavy atom. The molecule has 2 rings (SSSR count). The van der Waals surface area contributed by atoms with Gasteiger partial charge in [-0.15, -0.1) is 0 Å². The van der Waals surface area contributed by atoms with Crippen molar-refractivity contribution in [3.8, 4) is 0 Å². The molecule has 1 aromatic heterocycles. The van der Waals surface area contributed by atoms with Crippen LogP contribution >= 0.6 is 7.60 Å². The maximum Gasteiger partial charge on any atom is 0.396 e. The zero-order valence-electron chi connectivity index (χ0n) is 8.47. The van der Waals surface area contributed by atoms with Gasteiger partial charge in [0.05, 0.1) is 6.26 Å². The Balaban J connectivity index is 2.67. The summed E-state index contributed by atoms with van der Waals surface area (Å²) in [6.45, 7) is 0.